The number of carbonyl (C=O) groups excluding carboxylic acids is 5. The van der Waals surface area contributed by atoms with E-state index in [-0.39, 0.29) is 29.6 Å². The van der Waals surface area contributed by atoms with Crippen LogP contribution in [0.4, 0.5) is 11.4 Å². The Morgan fingerprint density at radius 1 is 0.935 bits per heavy atom. The maximum absolute atomic E-state index is 12.6. The van der Waals surface area contributed by atoms with E-state index in [1.165, 1.54) is 20.8 Å². The Morgan fingerprint density at radius 2 is 1.42 bits per heavy atom. The highest BCUT2D eigenvalue weighted by Crippen LogP contribution is 2.39. The van der Waals surface area contributed by atoms with E-state index in [0.29, 0.717) is 24.2 Å². The van der Waals surface area contributed by atoms with Gasteiger partial charge in [-0.25, -0.2) is 4.79 Å². The zero-order chi connectivity index (χ0) is 22.7. The Labute approximate surface area is 180 Å². The summed E-state index contributed by atoms with van der Waals surface area (Å²) in [6, 6.07) is 5.37. The highest BCUT2D eigenvalue weighted by atomic mass is 16.5. The third kappa shape index (κ3) is 4.92. The standard InChI is InChI=1S/C22H27N3O6/c1-12(25-20(28)17-6-4-5-7-18(17)21(25)29)22(30)31-13(2)19(27)24-16-10-8-15(9-11-16)23-14(3)26/h8-13,17-18H,4-7H2,1-3H3,(H,23,26)(H,24,27). The summed E-state index contributed by atoms with van der Waals surface area (Å²) >= 11 is 0. The molecule has 4 amide bonds. The topological polar surface area (TPSA) is 122 Å². The van der Waals surface area contributed by atoms with E-state index >= 15 is 0 Å². The number of fused-ring (bicyclic) bond motifs is 1. The van der Waals surface area contributed by atoms with Crippen molar-refractivity contribution in [1.82, 2.24) is 4.90 Å². The molecule has 0 spiro atoms. The van der Waals surface area contributed by atoms with Gasteiger partial charge in [-0.15, -0.1) is 0 Å². The van der Waals surface area contributed by atoms with Crippen LogP contribution in [0.25, 0.3) is 0 Å². The number of nitrogens with one attached hydrogen (secondary N) is 2. The molecule has 1 aliphatic carbocycles. The molecule has 1 saturated heterocycles. The van der Waals surface area contributed by atoms with Crippen molar-refractivity contribution in [3.63, 3.8) is 0 Å². The van der Waals surface area contributed by atoms with Crippen molar-refractivity contribution in [1.29, 1.82) is 0 Å². The lowest BCUT2D eigenvalue weighted by Crippen LogP contribution is -2.46. The van der Waals surface area contributed by atoms with Crippen LogP contribution in [-0.2, 0) is 28.7 Å². The van der Waals surface area contributed by atoms with Crippen molar-refractivity contribution < 1.29 is 28.7 Å². The molecule has 166 valence electrons. The van der Waals surface area contributed by atoms with Gasteiger partial charge in [0.05, 0.1) is 11.8 Å². The van der Waals surface area contributed by atoms with E-state index in [1.807, 2.05) is 0 Å². The Kier molecular flexibility index (Phi) is 6.72. The quantitative estimate of drug-likeness (QED) is 0.527. The molecule has 1 saturated carbocycles. The number of ether oxygens (including phenoxy) is 1. The predicted molar refractivity (Wildman–Crippen MR) is 112 cm³/mol. The normalized spacial score (nSPS) is 22.4. The minimum atomic E-state index is -1.12. The van der Waals surface area contributed by atoms with E-state index in [0.717, 1.165) is 17.7 Å². The van der Waals surface area contributed by atoms with E-state index in [2.05, 4.69) is 10.6 Å². The number of esters is 1. The smallest absolute Gasteiger partial charge is 0.329 e. The first kappa shape index (κ1) is 22.5. The van der Waals surface area contributed by atoms with Crippen molar-refractivity contribution >= 4 is 41.0 Å². The number of hydrogen-bond acceptors (Lipinski definition) is 6. The fraction of sp³-hybridized carbons (Fsp3) is 0.500. The van der Waals surface area contributed by atoms with Crippen LogP contribution in [0.1, 0.15) is 46.5 Å². The molecule has 1 aliphatic heterocycles. The van der Waals surface area contributed by atoms with Gasteiger partial charge in [-0.05, 0) is 51.0 Å². The highest BCUT2D eigenvalue weighted by Gasteiger charge is 2.51. The van der Waals surface area contributed by atoms with Crippen LogP contribution >= 0.6 is 0 Å². The molecular formula is C22H27N3O6. The van der Waals surface area contributed by atoms with Crippen molar-refractivity contribution in [3.8, 4) is 0 Å². The molecule has 4 atom stereocenters. The molecule has 1 aromatic rings. The molecule has 9 heteroatoms. The molecule has 2 aliphatic rings. The molecule has 1 aromatic carbocycles. The maximum Gasteiger partial charge on any atom is 0.329 e. The van der Waals surface area contributed by atoms with Crippen LogP contribution in [0.3, 0.4) is 0 Å². The number of rotatable bonds is 6. The zero-order valence-corrected chi connectivity index (χ0v) is 17.8. The molecule has 4 unspecified atom stereocenters. The SMILES string of the molecule is CC(=O)Nc1ccc(NC(=O)C(C)OC(=O)C(C)N2C(=O)C3CCCCC3C2=O)cc1. The zero-order valence-electron chi connectivity index (χ0n) is 17.8. The average molecular weight is 429 g/mol. The number of carbonyl (C=O) groups is 5. The summed E-state index contributed by atoms with van der Waals surface area (Å²) in [6.45, 7) is 4.25. The lowest BCUT2D eigenvalue weighted by Gasteiger charge is -2.23. The van der Waals surface area contributed by atoms with Crippen molar-refractivity contribution in [2.45, 2.75) is 58.6 Å². The third-order valence-electron chi connectivity index (χ3n) is 5.74. The number of likely N-dealkylation sites (tertiary alicyclic amines) is 1. The summed E-state index contributed by atoms with van der Waals surface area (Å²) in [4.78, 5) is 62.3. The largest absolute Gasteiger partial charge is 0.451 e. The summed E-state index contributed by atoms with van der Waals surface area (Å²) in [5.41, 5.74) is 1.04. The van der Waals surface area contributed by atoms with Gasteiger partial charge < -0.3 is 15.4 Å². The minimum absolute atomic E-state index is 0.208. The van der Waals surface area contributed by atoms with Crippen LogP contribution in [0.5, 0.6) is 0 Å². The number of amides is 4. The number of hydrogen-bond donors (Lipinski definition) is 2. The molecule has 2 N–H and O–H groups in total. The lowest BCUT2D eigenvalue weighted by atomic mass is 9.81. The van der Waals surface area contributed by atoms with Gasteiger partial charge in [0, 0.05) is 18.3 Å². The molecule has 2 fully saturated rings. The van der Waals surface area contributed by atoms with Gasteiger partial charge in [0.1, 0.15) is 6.04 Å². The summed E-state index contributed by atoms with van der Waals surface area (Å²) in [5.74, 6) is -2.91. The van der Waals surface area contributed by atoms with E-state index in [1.54, 1.807) is 24.3 Å². The fourth-order valence-corrected chi connectivity index (χ4v) is 4.09. The Bertz CT molecular complexity index is 873. The number of nitrogens with zero attached hydrogens (tertiary/aromatic N) is 1. The third-order valence-corrected chi connectivity index (χ3v) is 5.74. The number of imide groups is 1. The molecule has 0 radical (unpaired) electrons. The number of anilines is 2. The lowest BCUT2D eigenvalue weighted by molar-refractivity contribution is -0.163. The summed E-state index contributed by atoms with van der Waals surface area (Å²) in [6.07, 6.45) is 1.99. The van der Waals surface area contributed by atoms with E-state index in [9.17, 15) is 24.0 Å². The minimum Gasteiger partial charge on any atom is -0.451 e. The monoisotopic (exact) mass is 429 g/mol. The first-order valence-electron chi connectivity index (χ1n) is 10.4. The van der Waals surface area contributed by atoms with Crippen LogP contribution in [0.2, 0.25) is 0 Å². The van der Waals surface area contributed by atoms with E-state index in [4.69, 9.17) is 4.74 Å². The molecule has 0 aromatic heterocycles. The molecule has 3 rings (SSSR count). The summed E-state index contributed by atoms with van der Waals surface area (Å²) < 4.78 is 5.23. The molecule has 1 heterocycles. The summed E-state index contributed by atoms with van der Waals surface area (Å²) in [5, 5.41) is 5.24. The second-order valence-electron chi connectivity index (χ2n) is 8.05. The van der Waals surface area contributed by atoms with Gasteiger partial charge in [0.25, 0.3) is 5.91 Å². The van der Waals surface area contributed by atoms with Crippen LogP contribution < -0.4 is 10.6 Å². The Balaban J connectivity index is 1.56. The first-order valence-corrected chi connectivity index (χ1v) is 10.4. The van der Waals surface area contributed by atoms with Crippen LogP contribution in [0.15, 0.2) is 24.3 Å². The van der Waals surface area contributed by atoms with Crippen LogP contribution in [-0.4, -0.2) is 46.6 Å². The van der Waals surface area contributed by atoms with Crippen molar-refractivity contribution in [2.75, 3.05) is 10.6 Å². The summed E-state index contributed by atoms with van der Waals surface area (Å²) in [7, 11) is 0. The molecule has 0 bridgehead atoms. The Morgan fingerprint density at radius 3 is 1.90 bits per heavy atom. The average Bonchev–Trinajstić information content (AvgIpc) is 2.99. The molecule has 9 nitrogen and oxygen atoms in total. The van der Waals surface area contributed by atoms with Crippen molar-refractivity contribution in [2.24, 2.45) is 11.8 Å². The van der Waals surface area contributed by atoms with Crippen LogP contribution in [0, 0.1) is 11.8 Å². The molecule has 31 heavy (non-hydrogen) atoms. The van der Waals surface area contributed by atoms with E-state index < -0.39 is 24.0 Å². The fourth-order valence-electron chi connectivity index (χ4n) is 4.09. The van der Waals surface area contributed by atoms with Gasteiger partial charge in [0.2, 0.25) is 17.7 Å². The second-order valence-corrected chi connectivity index (χ2v) is 8.05. The van der Waals surface area contributed by atoms with Crippen molar-refractivity contribution in [3.05, 3.63) is 24.3 Å². The van der Waals surface area contributed by atoms with Gasteiger partial charge >= 0.3 is 5.97 Å². The Hall–Kier alpha value is -3.23. The second kappa shape index (κ2) is 9.28. The maximum atomic E-state index is 12.6. The predicted octanol–water partition coefficient (Wildman–Crippen LogP) is 2.08. The molecular weight excluding hydrogens is 402 g/mol. The highest BCUT2D eigenvalue weighted by molar-refractivity contribution is 6.08. The van der Waals surface area contributed by atoms with Gasteiger partial charge in [-0.1, -0.05) is 12.8 Å². The first-order chi connectivity index (χ1) is 14.7. The number of benzene rings is 1. The van der Waals surface area contributed by atoms with Gasteiger partial charge in [-0.2, -0.15) is 0 Å². The van der Waals surface area contributed by atoms with Gasteiger partial charge in [-0.3, -0.25) is 24.1 Å². The van der Waals surface area contributed by atoms with Gasteiger partial charge in [0.15, 0.2) is 6.10 Å².